The molecular weight excluding hydrogens is 444 g/mol. The highest BCUT2D eigenvalue weighted by atomic mass is 16.7. The molecule has 1 N–H and O–H groups in total. The number of allylic oxidation sites excluding steroid dienone is 2. The number of ether oxygens (including phenoxy) is 1. The lowest BCUT2D eigenvalue weighted by Crippen LogP contribution is -2.45. The van der Waals surface area contributed by atoms with Crippen LogP contribution in [0.25, 0.3) is 0 Å². The molecule has 7 heteroatoms. The van der Waals surface area contributed by atoms with E-state index in [-0.39, 0.29) is 29.8 Å². The number of hydrogen-bond acceptors (Lipinski definition) is 5. The minimum Gasteiger partial charge on any atom is -0.493 e. The predicted octanol–water partition coefficient (Wildman–Crippen LogP) is 4.66. The molecule has 0 radical (unpaired) electrons. The summed E-state index contributed by atoms with van der Waals surface area (Å²) in [6.45, 7) is 12.6. The summed E-state index contributed by atoms with van der Waals surface area (Å²) in [5.41, 5.74) is 1.95. The molecule has 2 aliphatic rings. The number of carbonyl (C=O) groups is 2. The quantitative estimate of drug-likeness (QED) is 0.342. The van der Waals surface area contributed by atoms with Crippen molar-refractivity contribution in [3.05, 3.63) is 41.5 Å². The van der Waals surface area contributed by atoms with E-state index in [0.29, 0.717) is 32.7 Å². The number of nitrogens with zero attached hydrogens (tertiary/aromatic N) is 2. The number of carboxylic acids is 1. The predicted molar refractivity (Wildman–Crippen MR) is 136 cm³/mol. The molecule has 194 valence electrons. The largest absolute Gasteiger partial charge is 0.493 e. The molecule has 0 aliphatic carbocycles. The topological polar surface area (TPSA) is 79.3 Å². The lowest BCUT2D eigenvalue weighted by molar-refractivity contribution is -0.188. The smallest absolute Gasteiger partial charge is 0.308 e. The van der Waals surface area contributed by atoms with Gasteiger partial charge in [-0.3, -0.25) is 19.3 Å². The van der Waals surface area contributed by atoms with E-state index in [1.54, 1.807) is 0 Å². The number of aliphatic carboxylic acids is 1. The van der Waals surface area contributed by atoms with E-state index in [1.165, 1.54) is 5.06 Å². The van der Waals surface area contributed by atoms with Crippen LogP contribution in [0.2, 0.25) is 0 Å². The first-order valence-corrected chi connectivity index (χ1v) is 13.0. The van der Waals surface area contributed by atoms with Crippen LogP contribution in [0.1, 0.15) is 70.9 Å². The molecule has 1 aromatic carbocycles. The third kappa shape index (κ3) is 6.64. The van der Waals surface area contributed by atoms with Crippen molar-refractivity contribution in [1.29, 1.82) is 0 Å². The zero-order chi connectivity index (χ0) is 25.6. The number of hydrogen-bond donors (Lipinski definition) is 1. The molecule has 2 aliphatic heterocycles. The second kappa shape index (κ2) is 12.0. The first-order valence-electron chi connectivity index (χ1n) is 13.0. The van der Waals surface area contributed by atoms with Gasteiger partial charge in [-0.05, 0) is 48.8 Å². The average molecular weight is 487 g/mol. The van der Waals surface area contributed by atoms with Crippen molar-refractivity contribution in [3.8, 4) is 5.75 Å². The number of carboxylic acid groups (broad SMARTS) is 1. The summed E-state index contributed by atoms with van der Waals surface area (Å²) in [5, 5.41) is 11.9. The van der Waals surface area contributed by atoms with Gasteiger partial charge in [0.05, 0.1) is 25.7 Å². The summed E-state index contributed by atoms with van der Waals surface area (Å²) in [4.78, 5) is 33.8. The summed E-state index contributed by atoms with van der Waals surface area (Å²) >= 11 is 0. The fraction of sp³-hybridized carbons (Fsp3) is 0.643. The highest BCUT2D eigenvalue weighted by molar-refractivity contribution is 5.78. The van der Waals surface area contributed by atoms with E-state index < -0.39 is 11.9 Å². The van der Waals surface area contributed by atoms with Crippen LogP contribution in [0.3, 0.4) is 0 Å². The SMILES string of the molecule is CC=CC(C)(C)C[C@H]1C(C(=O)O)[C@@H](c2ccc3c(c2)CCO3)CN1CC(=O)N(CCC)OCCC. The van der Waals surface area contributed by atoms with Crippen molar-refractivity contribution in [3.63, 3.8) is 0 Å². The van der Waals surface area contributed by atoms with E-state index in [1.807, 2.05) is 39.0 Å². The van der Waals surface area contributed by atoms with Gasteiger partial charge in [0.15, 0.2) is 0 Å². The second-order valence-electron chi connectivity index (χ2n) is 10.5. The van der Waals surface area contributed by atoms with Crippen molar-refractivity contribution in [2.75, 3.05) is 32.8 Å². The van der Waals surface area contributed by atoms with Crippen LogP contribution in [0.4, 0.5) is 0 Å². The van der Waals surface area contributed by atoms with Crippen LogP contribution in [-0.2, 0) is 20.8 Å². The minimum absolute atomic E-state index is 0.110. The maximum absolute atomic E-state index is 13.3. The highest BCUT2D eigenvalue weighted by Gasteiger charge is 2.48. The Kier molecular flexibility index (Phi) is 9.36. The monoisotopic (exact) mass is 486 g/mol. The Labute approximate surface area is 210 Å². The molecule has 0 spiro atoms. The molecule has 35 heavy (non-hydrogen) atoms. The van der Waals surface area contributed by atoms with Crippen LogP contribution in [0.5, 0.6) is 5.75 Å². The standard InChI is InChI=1S/C28H42N2O5/c1-6-12-28(4,5)17-23-26(27(32)33)22(20-9-10-24-21(16-20)11-15-34-24)18-29(23)19-25(31)30(13-7-2)35-14-8-3/h6,9-10,12,16,22-23,26H,7-8,11,13-15,17-19H2,1-5H3,(H,32,33)/t22-,23+,26?/m1/s1. The molecular formula is C28H42N2O5. The van der Waals surface area contributed by atoms with Crippen molar-refractivity contribution in [1.82, 2.24) is 9.96 Å². The van der Waals surface area contributed by atoms with Crippen LogP contribution in [0.15, 0.2) is 30.4 Å². The van der Waals surface area contributed by atoms with Gasteiger partial charge in [-0.25, -0.2) is 5.06 Å². The van der Waals surface area contributed by atoms with Crippen LogP contribution in [0, 0.1) is 11.3 Å². The summed E-state index contributed by atoms with van der Waals surface area (Å²) in [6.07, 6.45) is 7.25. The Morgan fingerprint density at radius 3 is 2.71 bits per heavy atom. The molecule has 0 saturated carbocycles. The summed E-state index contributed by atoms with van der Waals surface area (Å²) in [5.74, 6) is -0.839. The number of likely N-dealkylation sites (tertiary alicyclic amines) is 1. The number of carbonyl (C=O) groups excluding carboxylic acids is 1. The first-order chi connectivity index (χ1) is 16.7. The zero-order valence-electron chi connectivity index (χ0n) is 22.0. The first kappa shape index (κ1) is 27.2. The van der Waals surface area contributed by atoms with E-state index in [2.05, 4.69) is 30.9 Å². The van der Waals surface area contributed by atoms with Gasteiger partial charge in [0.2, 0.25) is 0 Å². The van der Waals surface area contributed by atoms with Gasteiger partial charge < -0.3 is 9.84 Å². The van der Waals surface area contributed by atoms with E-state index in [0.717, 1.165) is 36.1 Å². The Balaban J connectivity index is 1.92. The Morgan fingerprint density at radius 2 is 2.06 bits per heavy atom. The van der Waals surface area contributed by atoms with Crippen molar-refractivity contribution >= 4 is 11.9 Å². The fourth-order valence-electron chi connectivity index (χ4n) is 5.50. The lowest BCUT2D eigenvalue weighted by atomic mass is 9.77. The van der Waals surface area contributed by atoms with Gasteiger partial charge in [-0.2, -0.15) is 0 Å². The van der Waals surface area contributed by atoms with Gasteiger partial charge >= 0.3 is 5.97 Å². The van der Waals surface area contributed by atoms with Gasteiger partial charge in [0.1, 0.15) is 5.75 Å². The number of amides is 1. The molecule has 2 heterocycles. The summed E-state index contributed by atoms with van der Waals surface area (Å²) in [7, 11) is 0. The van der Waals surface area contributed by atoms with Crippen molar-refractivity contribution < 1.29 is 24.3 Å². The van der Waals surface area contributed by atoms with Crippen molar-refractivity contribution in [2.24, 2.45) is 11.3 Å². The second-order valence-corrected chi connectivity index (χ2v) is 10.5. The van der Waals surface area contributed by atoms with E-state index >= 15 is 0 Å². The Bertz CT molecular complexity index is 913. The van der Waals surface area contributed by atoms with Gasteiger partial charge in [-0.1, -0.05) is 52.0 Å². The lowest BCUT2D eigenvalue weighted by Gasteiger charge is -2.33. The fourth-order valence-corrected chi connectivity index (χ4v) is 5.50. The zero-order valence-corrected chi connectivity index (χ0v) is 22.0. The molecule has 0 aromatic heterocycles. The maximum Gasteiger partial charge on any atom is 0.308 e. The van der Waals surface area contributed by atoms with Crippen molar-refractivity contribution in [2.45, 2.75) is 72.3 Å². The van der Waals surface area contributed by atoms with Crippen LogP contribution in [-0.4, -0.2) is 65.8 Å². The van der Waals surface area contributed by atoms with Gasteiger partial charge in [-0.15, -0.1) is 0 Å². The van der Waals surface area contributed by atoms with Gasteiger partial charge in [0.25, 0.3) is 5.91 Å². The number of hydroxylamine groups is 2. The van der Waals surface area contributed by atoms with E-state index in [9.17, 15) is 14.7 Å². The van der Waals surface area contributed by atoms with Crippen LogP contribution >= 0.6 is 0 Å². The molecule has 1 aromatic rings. The van der Waals surface area contributed by atoms with Crippen LogP contribution < -0.4 is 4.74 Å². The average Bonchev–Trinajstić information content (AvgIpc) is 3.40. The molecule has 0 bridgehead atoms. The van der Waals surface area contributed by atoms with Gasteiger partial charge in [0, 0.05) is 31.5 Å². The molecule has 1 unspecified atom stereocenters. The molecule has 1 amide bonds. The molecule has 3 atom stereocenters. The molecule has 1 fully saturated rings. The maximum atomic E-state index is 13.3. The Hall–Kier alpha value is -2.38. The number of fused-ring (bicyclic) bond motifs is 1. The minimum atomic E-state index is -0.810. The highest BCUT2D eigenvalue weighted by Crippen LogP contribution is 2.43. The molecule has 1 saturated heterocycles. The third-order valence-corrected chi connectivity index (χ3v) is 7.02. The third-order valence-electron chi connectivity index (χ3n) is 7.02. The summed E-state index contributed by atoms with van der Waals surface area (Å²) in [6, 6.07) is 5.80. The Morgan fingerprint density at radius 1 is 1.29 bits per heavy atom. The normalized spacial score (nSPS) is 22.4. The molecule has 3 rings (SSSR count). The summed E-state index contributed by atoms with van der Waals surface area (Å²) < 4.78 is 5.66. The number of benzene rings is 1. The molecule has 7 nitrogen and oxygen atoms in total. The number of rotatable bonds is 12. The van der Waals surface area contributed by atoms with E-state index in [4.69, 9.17) is 9.57 Å².